The Morgan fingerprint density at radius 3 is 2.30 bits per heavy atom. The Hall–Kier alpha value is -0.0800. The zero-order valence-electron chi connectivity index (χ0n) is 6.21. The predicted molar refractivity (Wildman–Crippen MR) is 39.8 cm³/mol. The van der Waals surface area contributed by atoms with Crippen LogP contribution in [0, 0.1) is 0 Å². The summed E-state index contributed by atoms with van der Waals surface area (Å²) in [6.07, 6.45) is 5.85. The highest BCUT2D eigenvalue weighted by atomic mass is 16.3. The van der Waals surface area contributed by atoms with Crippen molar-refractivity contribution >= 4 is 0 Å². The molecule has 0 spiro atoms. The van der Waals surface area contributed by atoms with Gasteiger partial charge in [-0.3, -0.25) is 0 Å². The summed E-state index contributed by atoms with van der Waals surface area (Å²) in [6.45, 7) is 0. The average molecular weight is 141 g/mol. The molecule has 10 heavy (non-hydrogen) atoms. The van der Waals surface area contributed by atoms with Crippen molar-refractivity contribution in [2.75, 3.05) is 0 Å². The Morgan fingerprint density at radius 1 is 1.10 bits per heavy atom. The maximum Gasteiger partial charge on any atom is 0.0569 e. The molecule has 0 aromatic carbocycles. The molecule has 2 atom stereocenters. The second-order valence-corrected chi connectivity index (χ2v) is 3.62. The van der Waals surface area contributed by atoms with E-state index in [4.69, 9.17) is 0 Å². The molecule has 2 rings (SSSR count). The fourth-order valence-electron chi connectivity index (χ4n) is 2.24. The van der Waals surface area contributed by atoms with Crippen LogP contribution in [0.3, 0.4) is 0 Å². The number of hydrogen-bond donors (Lipinski definition) is 2. The van der Waals surface area contributed by atoms with E-state index >= 15 is 0 Å². The summed E-state index contributed by atoms with van der Waals surface area (Å²) in [4.78, 5) is 0. The van der Waals surface area contributed by atoms with Crippen molar-refractivity contribution in [3.8, 4) is 0 Å². The van der Waals surface area contributed by atoms with E-state index in [0.717, 1.165) is 12.8 Å². The van der Waals surface area contributed by atoms with Crippen LogP contribution in [0.15, 0.2) is 0 Å². The largest absolute Gasteiger partial charge is 0.393 e. The summed E-state index contributed by atoms with van der Waals surface area (Å²) in [6, 6.07) is 1.25. The maximum atomic E-state index is 9.38. The lowest BCUT2D eigenvalue weighted by atomic mass is 9.85. The maximum absolute atomic E-state index is 9.38. The molecular weight excluding hydrogens is 126 g/mol. The Bertz CT molecular complexity index is 110. The van der Waals surface area contributed by atoms with Crippen LogP contribution in [0.4, 0.5) is 0 Å². The number of aliphatic hydroxyl groups excluding tert-OH is 1. The molecule has 0 aromatic heterocycles. The molecule has 58 valence electrons. The lowest BCUT2D eigenvalue weighted by Gasteiger charge is -2.38. The van der Waals surface area contributed by atoms with Crippen molar-refractivity contribution in [3.05, 3.63) is 0 Å². The number of rotatable bonds is 0. The Labute approximate surface area is 61.6 Å². The number of hydrogen-bond acceptors (Lipinski definition) is 2. The summed E-state index contributed by atoms with van der Waals surface area (Å²) >= 11 is 0. The van der Waals surface area contributed by atoms with Gasteiger partial charge < -0.3 is 10.4 Å². The third kappa shape index (κ3) is 1.18. The van der Waals surface area contributed by atoms with Crippen LogP contribution < -0.4 is 5.32 Å². The topological polar surface area (TPSA) is 32.3 Å². The molecule has 0 aromatic rings. The molecule has 2 heteroatoms. The van der Waals surface area contributed by atoms with Crippen molar-refractivity contribution in [1.82, 2.24) is 5.32 Å². The summed E-state index contributed by atoms with van der Waals surface area (Å²) in [7, 11) is 0. The monoisotopic (exact) mass is 141 g/mol. The van der Waals surface area contributed by atoms with Crippen molar-refractivity contribution < 1.29 is 5.11 Å². The van der Waals surface area contributed by atoms with Gasteiger partial charge in [-0.05, 0) is 25.7 Å². The fraction of sp³-hybridized carbons (Fsp3) is 1.00. The van der Waals surface area contributed by atoms with Crippen LogP contribution >= 0.6 is 0 Å². The van der Waals surface area contributed by atoms with Gasteiger partial charge in [0.1, 0.15) is 0 Å². The van der Waals surface area contributed by atoms with Crippen LogP contribution in [0.2, 0.25) is 0 Å². The molecule has 2 aliphatic heterocycles. The van der Waals surface area contributed by atoms with E-state index in [1.165, 1.54) is 19.3 Å². The van der Waals surface area contributed by atoms with E-state index in [0.29, 0.717) is 12.1 Å². The SMILES string of the molecule is OC1C[C@@H]2CCC[C@@H](C1)N2. The van der Waals surface area contributed by atoms with E-state index in [2.05, 4.69) is 5.32 Å². The van der Waals surface area contributed by atoms with Gasteiger partial charge in [-0.15, -0.1) is 0 Å². The molecule has 2 bridgehead atoms. The molecule has 0 amide bonds. The normalized spacial score (nSPS) is 47.1. The zero-order valence-corrected chi connectivity index (χ0v) is 6.21. The van der Waals surface area contributed by atoms with Crippen molar-refractivity contribution in [2.24, 2.45) is 0 Å². The first-order valence-electron chi connectivity index (χ1n) is 4.29. The van der Waals surface area contributed by atoms with Gasteiger partial charge in [-0.2, -0.15) is 0 Å². The molecule has 0 unspecified atom stereocenters. The Kier molecular flexibility index (Phi) is 1.66. The van der Waals surface area contributed by atoms with Gasteiger partial charge in [0.25, 0.3) is 0 Å². The number of piperidine rings is 2. The number of fused-ring (bicyclic) bond motifs is 2. The second kappa shape index (κ2) is 2.51. The van der Waals surface area contributed by atoms with Crippen molar-refractivity contribution in [2.45, 2.75) is 50.3 Å². The zero-order chi connectivity index (χ0) is 6.97. The molecule has 2 fully saturated rings. The minimum atomic E-state index is -0.0171. The second-order valence-electron chi connectivity index (χ2n) is 3.62. The Balaban J connectivity index is 1.98. The first-order chi connectivity index (χ1) is 4.84. The van der Waals surface area contributed by atoms with E-state index in [-0.39, 0.29) is 6.10 Å². The highest BCUT2D eigenvalue weighted by Crippen LogP contribution is 2.25. The molecule has 2 saturated heterocycles. The van der Waals surface area contributed by atoms with Gasteiger partial charge in [-0.1, -0.05) is 6.42 Å². The quantitative estimate of drug-likeness (QED) is 0.519. The van der Waals surface area contributed by atoms with Gasteiger partial charge >= 0.3 is 0 Å². The van der Waals surface area contributed by atoms with Crippen LogP contribution in [-0.4, -0.2) is 23.3 Å². The Morgan fingerprint density at radius 2 is 1.70 bits per heavy atom. The summed E-state index contributed by atoms with van der Waals surface area (Å²) in [5.74, 6) is 0. The lowest BCUT2D eigenvalue weighted by molar-refractivity contribution is 0.0741. The van der Waals surface area contributed by atoms with Gasteiger partial charge in [0.15, 0.2) is 0 Å². The molecule has 0 saturated carbocycles. The molecule has 2 heterocycles. The molecule has 2 N–H and O–H groups in total. The summed E-state index contributed by atoms with van der Waals surface area (Å²) in [5.41, 5.74) is 0. The van der Waals surface area contributed by atoms with Gasteiger partial charge in [0.2, 0.25) is 0 Å². The summed E-state index contributed by atoms with van der Waals surface area (Å²) < 4.78 is 0. The van der Waals surface area contributed by atoms with Crippen LogP contribution in [0.25, 0.3) is 0 Å². The first kappa shape index (κ1) is 6.62. The van der Waals surface area contributed by atoms with Crippen LogP contribution in [-0.2, 0) is 0 Å². The van der Waals surface area contributed by atoms with E-state index in [1.54, 1.807) is 0 Å². The molecule has 2 nitrogen and oxygen atoms in total. The predicted octanol–water partition coefficient (Wildman–Crippen LogP) is 0.652. The van der Waals surface area contributed by atoms with Crippen molar-refractivity contribution in [3.63, 3.8) is 0 Å². The standard InChI is InChI=1S/C8H15NO/c10-8-4-6-2-1-3-7(5-8)9-6/h6-10H,1-5H2/t6-,7-/m0/s1. The lowest BCUT2D eigenvalue weighted by Crippen LogP contribution is -2.50. The highest BCUT2D eigenvalue weighted by Gasteiger charge is 2.29. The third-order valence-electron chi connectivity index (χ3n) is 2.69. The summed E-state index contributed by atoms with van der Waals surface area (Å²) in [5, 5.41) is 12.9. The third-order valence-corrected chi connectivity index (χ3v) is 2.69. The van der Waals surface area contributed by atoms with Gasteiger partial charge in [-0.25, -0.2) is 0 Å². The van der Waals surface area contributed by atoms with E-state index < -0.39 is 0 Å². The average Bonchev–Trinajstić information content (AvgIpc) is 1.85. The minimum absolute atomic E-state index is 0.0171. The molecule has 0 radical (unpaired) electrons. The smallest absolute Gasteiger partial charge is 0.0569 e. The highest BCUT2D eigenvalue weighted by molar-refractivity contribution is 4.88. The molecule has 2 aliphatic rings. The van der Waals surface area contributed by atoms with Gasteiger partial charge in [0.05, 0.1) is 6.10 Å². The minimum Gasteiger partial charge on any atom is -0.393 e. The van der Waals surface area contributed by atoms with Crippen LogP contribution in [0.5, 0.6) is 0 Å². The van der Waals surface area contributed by atoms with Crippen molar-refractivity contribution in [1.29, 1.82) is 0 Å². The number of nitrogens with one attached hydrogen (secondary N) is 1. The molecular formula is C8H15NO. The number of aliphatic hydroxyl groups is 1. The van der Waals surface area contributed by atoms with E-state index in [1.807, 2.05) is 0 Å². The van der Waals surface area contributed by atoms with E-state index in [9.17, 15) is 5.11 Å². The molecule has 0 aliphatic carbocycles. The van der Waals surface area contributed by atoms with Crippen LogP contribution in [0.1, 0.15) is 32.1 Å². The first-order valence-corrected chi connectivity index (χ1v) is 4.29. The van der Waals surface area contributed by atoms with Gasteiger partial charge in [0, 0.05) is 12.1 Å². The fourth-order valence-corrected chi connectivity index (χ4v) is 2.24.